The van der Waals surface area contributed by atoms with E-state index >= 15 is 0 Å². The lowest BCUT2D eigenvalue weighted by atomic mass is 9.89. The van der Waals surface area contributed by atoms with Gasteiger partial charge in [0.25, 0.3) is 0 Å². The van der Waals surface area contributed by atoms with Crippen LogP contribution in [0.3, 0.4) is 0 Å². The number of para-hydroxylation sites is 3. The fourth-order valence-corrected chi connectivity index (χ4v) is 3.76. The molecule has 24 heavy (non-hydrogen) atoms. The molecule has 0 atom stereocenters. The van der Waals surface area contributed by atoms with E-state index in [2.05, 4.69) is 5.43 Å². The lowest BCUT2D eigenvalue weighted by Gasteiger charge is -2.21. The third-order valence-corrected chi connectivity index (χ3v) is 5.02. The van der Waals surface area contributed by atoms with Crippen LogP contribution < -0.4 is 11.1 Å². The molecule has 4 heteroatoms. The van der Waals surface area contributed by atoms with Gasteiger partial charge in [0.1, 0.15) is 0 Å². The van der Waals surface area contributed by atoms with Crippen LogP contribution in [0.1, 0.15) is 32.1 Å². The summed E-state index contributed by atoms with van der Waals surface area (Å²) in [6, 6.07) is 17.9. The molecular formula is C20H23N3O. The number of fused-ring (bicyclic) bond motifs is 1. The average molecular weight is 321 g/mol. The molecule has 0 unspecified atom stereocenters. The fourth-order valence-electron chi connectivity index (χ4n) is 3.76. The quantitative estimate of drug-likeness (QED) is 0.780. The number of nitrogens with zero attached hydrogens (tertiary/aromatic N) is 2. The normalized spacial score (nSPS) is 15.7. The first-order valence-corrected chi connectivity index (χ1v) is 8.85. The van der Waals surface area contributed by atoms with Crippen molar-refractivity contribution in [3.63, 3.8) is 0 Å². The summed E-state index contributed by atoms with van der Waals surface area (Å²) in [5, 5.41) is 0. The molecule has 3 aromatic rings. The molecule has 2 aromatic carbocycles. The van der Waals surface area contributed by atoms with Crippen LogP contribution in [0, 0.1) is 5.92 Å². The van der Waals surface area contributed by atoms with E-state index in [-0.39, 0.29) is 5.69 Å². The van der Waals surface area contributed by atoms with Crippen molar-refractivity contribution >= 4 is 16.7 Å². The maximum atomic E-state index is 13.0. The Kier molecular flexibility index (Phi) is 4.11. The zero-order valence-corrected chi connectivity index (χ0v) is 13.8. The van der Waals surface area contributed by atoms with Gasteiger partial charge in [-0.2, -0.15) is 0 Å². The summed E-state index contributed by atoms with van der Waals surface area (Å²) in [6.07, 6.45) is 6.39. The lowest BCUT2D eigenvalue weighted by molar-refractivity contribution is 0.319. The van der Waals surface area contributed by atoms with Gasteiger partial charge in [0.05, 0.1) is 16.7 Å². The van der Waals surface area contributed by atoms with Gasteiger partial charge in [-0.3, -0.25) is 9.99 Å². The molecule has 0 bridgehead atoms. The van der Waals surface area contributed by atoms with Crippen LogP contribution in [0.15, 0.2) is 59.4 Å². The van der Waals surface area contributed by atoms with E-state index in [0.717, 1.165) is 23.3 Å². The van der Waals surface area contributed by atoms with Crippen molar-refractivity contribution in [2.24, 2.45) is 5.92 Å². The summed E-state index contributed by atoms with van der Waals surface area (Å²) in [6.45, 7) is 0.822. The maximum absolute atomic E-state index is 13.0. The lowest BCUT2D eigenvalue weighted by Crippen LogP contribution is -2.30. The minimum Gasteiger partial charge on any atom is -0.290 e. The molecule has 1 N–H and O–H groups in total. The Morgan fingerprint density at radius 1 is 0.875 bits per heavy atom. The van der Waals surface area contributed by atoms with Crippen LogP contribution in [-0.2, 0) is 6.54 Å². The first-order chi connectivity index (χ1) is 11.8. The second-order valence-electron chi connectivity index (χ2n) is 6.70. The smallest absolute Gasteiger partial charge is 0.290 e. The molecule has 124 valence electrons. The third-order valence-electron chi connectivity index (χ3n) is 5.02. The monoisotopic (exact) mass is 321 g/mol. The molecule has 1 aromatic heterocycles. The second-order valence-corrected chi connectivity index (χ2v) is 6.70. The van der Waals surface area contributed by atoms with E-state index in [1.807, 2.05) is 59.2 Å². The van der Waals surface area contributed by atoms with E-state index in [1.54, 1.807) is 4.68 Å². The number of benzene rings is 2. The van der Waals surface area contributed by atoms with E-state index in [1.165, 1.54) is 32.1 Å². The van der Waals surface area contributed by atoms with Crippen molar-refractivity contribution in [3.8, 4) is 0 Å². The molecule has 1 saturated carbocycles. The first-order valence-electron chi connectivity index (χ1n) is 8.85. The van der Waals surface area contributed by atoms with Crippen LogP contribution in [-0.4, -0.2) is 9.24 Å². The molecular weight excluding hydrogens is 298 g/mol. The third kappa shape index (κ3) is 2.84. The number of nitrogens with one attached hydrogen (secondary N) is 1. The van der Waals surface area contributed by atoms with Crippen molar-refractivity contribution in [3.05, 3.63) is 65.1 Å². The molecule has 0 spiro atoms. The van der Waals surface area contributed by atoms with Gasteiger partial charge < -0.3 is 0 Å². The van der Waals surface area contributed by atoms with Crippen molar-refractivity contribution in [2.75, 3.05) is 5.43 Å². The topological polar surface area (TPSA) is 39.0 Å². The number of hydrogen-bond acceptors (Lipinski definition) is 2. The molecule has 1 aliphatic rings. The van der Waals surface area contributed by atoms with Gasteiger partial charge >= 0.3 is 5.69 Å². The second kappa shape index (κ2) is 6.56. The Labute approximate surface area is 141 Å². The summed E-state index contributed by atoms with van der Waals surface area (Å²) < 4.78 is 3.62. The number of anilines is 1. The molecule has 0 aliphatic heterocycles. The van der Waals surface area contributed by atoms with Gasteiger partial charge in [0.2, 0.25) is 0 Å². The Bertz CT molecular complexity index is 873. The Morgan fingerprint density at radius 2 is 1.54 bits per heavy atom. The van der Waals surface area contributed by atoms with Gasteiger partial charge in [-0.25, -0.2) is 9.47 Å². The first kappa shape index (κ1) is 15.1. The summed E-state index contributed by atoms with van der Waals surface area (Å²) in [7, 11) is 0. The van der Waals surface area contributed by atoms with Crippen molar-refractivity contribution in [1.82, 2.24) is 9.24 Å². The highest BCUT2D eigenvalue weighted by Crippen LogP contribution is 2.26. The molecule has 0 saturated heterocycles. The number of hydrogen-bond donors (Lipinski definition) is 1. The molecule has 4 rings (SSSR count). The molecule has 0 amide bonds. The maximum Gasteiger partial charge on any atom is 0.348 e. The Balaban J connectivity index is 1.74. The summed E-state index contributed by atoms with van der Waals surface area (Å²) >= 11 is 0. The van der Waals surface area contributed by atoms with Crippen LogP contribution in [0.2, 0.25) is 0 Å². The number of aromatic nitrogens is 2. The molecule has 4 nitrogen and oxygen atoms in total. The van der Waals surface area contributed by atoms with E-state index in [9.17, 15) is 4.79 Å². The van der Waals surface area contributed by atoms with Crippen LogP contribution in [0.5, 0.6) is 0 Å². The highest BCUT2D eigenvalue weighted by Gasteiger charge is 2.19. The largest absolute Gasteiger partial charge is 0.348 e. The van der Waals surface area contributed by atoms with Crippen LogP contribution in [0.25, 0.3) is 11.0 Å². The van der Waals surface area contributed by atoms with E-state index < -0.39 is 0 Å². The van der Waals surface area contributed by atoms with Crippen molar-refractivity contribution in [2.45, 2.75) is 38.6 Å². The van der Waals surface area contributed by atoms with Gasteiger partial charge in [-0.05, 0) is 43.0 Å². The molecule has 1 heterocycles. The van der Waals surface area contributed by atoms with E-state index in [4.69, 9.17) is 0 Å². The fraction of sp³-hybridized carbons (Fsp3) is 0.350. The predicted octanol–water partition coefficient (Wildman–Crippen LogP) is 4.26. The Hall–Kier alpha value is -2.49. The molecule has 0 radical (unpaired) electrons. The minimum atomic E-state index is 0.0191. The number of rotatable bonds is 4. The molecule has 1 aliphatic carbocycles. The van der Waals surface area contributed by atoms with Gasteiger partial charge in [-0.1, -0.05) is 49.6 Å². The molecule has 1 fully saturated rings. The van der Waals surface area contributed by atoms with Crippen LogP contribution in [0.4, 0.5) is 5.69 Å². The average Bonchev–Trinajstić information content (AvgIpc) is 2.90. The predicted molar refractivity (Wildman–Crippen MR) is 98.2 cm³/mol. The van der Waals surface area contributed by atoms with Crippen molar-refractivity contribution in [1.29, 1.82) is 0 Å². The summed E-state index contributed by atoms with van der Waals surface area (Å²) in [5.41, 5.74) is 6.14. The summed E-state index contributed by atoms with van der Waals surface area (Å²) in [4.78, 5) is 13.0. The van der Waals surface area contributed by atoms with Gasteiger partial charge in [-0.15, -0.1) is 0 Å². The highest BCUT2D eigenvalue weighted by atomic mass is 16.2. The Morgan fingerprint density at radius 3 is 2.29 bits per heavy atom. The highest BCUT2D eigenvalue weighted by molar-refractivity contribution is 5.76. The van der Waals surface area contributed by atoms with Gasteiger partial charge in [0, 0.05) is 6.54 Å². The van der Waals surface area contributed by atoms with E-state index in [0.29, 0.717) is 5.92 Å². The minimum absolute atomic E-state index is 0.0191. The standard InChI is InChI=1S/C20H23N3O/c24-20-22(15-16-9-3-1-4-10-16)18-13-7-8-14-19(18)23(20)21-17-11-5-2-6-12-17/h2,5-8,11-14,16,21H,1,3-4,9-10,15H2. The summed E-state index contributed by atoms with van der Waals surface area (Å²) in [5.74, 6) is 0.618. The SMILES string of the molecule is O=c1n(CC2CCCCC2)c2ccccc2n1Nc1ccccc1. The number of imidazole rings is 1. The van der Waals surface area contributed by atoms with Crippen molar-refractivity contribution < 1.29 is 0 Å². The van der Waals surface area contributed by atoms with Gasteiger partial charge in [0.15, 0.2) is 0 Å². The zero-order chi connectivity index (χ0) is 16.4. The zero-order valence-electron chi connectivity index (χ0n) is 13.8. The van der Waals surface area contributed by atoms with Crippen LogP contribution >= 0.6 is 0 Å².